The third kappa shape index (κ3) is 4.44. The summed E-state index contributed by atoms with van der Waals surface area (Å²) in [5.41, 5.74) is 6.38. The summed E-state index contributed by atoms with van der Waals surface area (Å²) >= 11 is 0. The van der Waals surface area contributed by atoms with Crippen molar-refractivity contribution in [3.05, 3.63) is 29.6 Å². The number of nitrogens with zero attached hydrogens (tertiary/aromatic N) is 1. The Morgan fingerprint density at radius 3 is 2.93 bits per heavy atom. The third-order valence-electron chi connectivity index (χ3n) is 5.17. The third-order valence-corrected chi connectivity index (χ3v) is 5.17. The van der Waals surface area contributed by atoms with Gasteiger partial charge < -0.3 is 21.3 Å². The van der Waals surface area contributed by atoms with Gasteiger partial charge in [-0.1, -0.05) is 6.07 Å². The van der Waals surface area contributed by atoms with Gasteiger partial charge in [-0.2, -0.15) is 0 Å². The molecule has 0 aliphatic carbocycles. The maximum atomic E-state index is 13.5. The van der Waals surface area contributed by atoms with Gasteiger partial charge in [-0.15, -0.1) is 0 Å². The van der Waals surface area contributed by atoms with Gasteiger partial charge in [0.05, 0.1) is 5.92 Å². The number of hydrogen-bond donors (Lipinski definition) is 3. The molecule has 0 spiro atoms. The highest BCUT2D eigenvalue weighted by atomic mass is 19.1. The van der Waals surface area contributed by atoms with Crippen LogP contribution in [0.3, 0.4) is 0 Å². The Kier molecular flexibility index (Phi) is 6.05. The quantitative estimate of drug-likeness (QED) is 0.716. The molecule has 27 heavy (non-hydrogen) atoms. The second kappa shape index (κ2) is 8.47. The number of likely N-dealkylation sites (tertiary alicyclic amines) is 1. The molecule has 3 rings (SSSR count). The molecule has 0 aromatic heterocycles. The molecule has 1 aromatic rings. The van der Waals surface area contributed by atoms with Crippen LogP contribution >= 0.6 is 0 Å². The molecular weight excluding hydrogens is 351 g/mol. The van der Waals surface area contributed by atoms with Crippen molar-refractivity contribution in [1.82, 2.24) is 10.2 Å². The van der Waals surface area contributed by atoms with E-state index >= 15 is 0 Å². The highest BCUT2D eigenvalue weighted by Crippen LogP contribution is 2.35. The Hall–Kier alpha value is -2.48. The number of rotatable bonds is 5. The molecule has 2 aliphatic heterocycles. The topological polar surface area (TPSA) is 105 Å². The Bertz CT molecular complexity index is 740. The van der Waals surface area contributed by atoms with E-state index < -0.39 is 11.7 Å². The highest BCUT2D eigenvalue weighted by Gasteiger charge is 2.37. The van der Waals surface area contributed by atoms with Crippen molar-refractivity contribution >= 4 is 23.4 Å². The van der Waals surface area contributed by atoms with Gasteiger partial charge in [-0.05, 0) is 37.0 Å². The fraction of sp³-hybridized carbons (Fsp3) is 0.526. The molecule has 7 nitrogen and oxygen atoms in total. The van der Waals surface area contributed by atoms with Crippen LogP contribution in [0.1, 0.15) is 43.6 Å². The standard InChI is InChI=1S/C19H25FN4O3/c20-12-4-5-14-15(10-18(26)23-16(14)9-12)19(27)24-8-2-1-3-13(24)11-22-17(25)6-7-21/h4-5,9,13,15H,1-3,6-8,10-11,21H2,(H,22,25)(H,23,26). The molecular formula is C19H25FN4O3. The lowest BCUT2D eigenvalue weighted by Gasteiger charge is -2.39. The molecule has 2 unspecified atom stereocenters. The van der Waals surface area contributed by atoms with Gasteiger partial charge in [0.2, 0.25) is 17.7 Å². The average molecular weight is 376 g/mol. The smallest absolute Gasteiger partial charge is 0.231 e. The second-order valence-electron chi connectivity index (χ2n) is 7.06. The van der Waals surface area contributed by atoms with Crippen molar-refractivity contribution in [2.75, 3.05) is 25.0 Å². The van der Waals surface area contributed by atoms with Crippen molar-refractivity contribution in [2.24, 2.45) is 5.73 Å². The van der Waals surface area contributed by atoms with E-state index in [0.29, 0.717) is 24.3 Å². The summed E-state index contributed by atoms with van der Waals surface area (Å²) < 4.78 is 13.5. The van der Waals surface area contributed by atoms with Crippen molar-refractivity contribution in [3.63, 3.8) is 0 Å². The van der Waals surface area contributed by atoms with Crippen molar-refractivity contribution in [2.45, 2.75) is 44.1 Å². The number of anilines is 1. The van der Waals surface area contributed by atoms with E-state index in [-0.39, 0.29) is 43.1 Å². The summed E-state index contributed by atoms with van der Waals surface area (Å²) in [6.45, 7) is 1.24. The number of fused-ring (bicyclic) bond motifs is 1. The van der Waals surface area contributed by atoms with Crippen LogP contribution in [-0.2, 0) is 14.4 Å². The van der Waals surface area contributed by atoms with Crippen molar-refractivity contribution < 1.29 is 18.8 Å². The van der Waals surface area contributed by atoms with E-state index in [4.69, 9.17) is 5.73 Å². The fourth-order valence-corrected chi connectivity index (χ4v) is 3.81. The number of carbonyl (C=O) groups is 3. The first-order chi connectivity index (χ1) is 13.0. The second-order valence-corrected chi connectivity index (χ2v) is 7.06. The predicted molar refractivity (Wildman–Crippen MR) is 98.4 cm³/mol. The zero-order valence-electron chi connectivity index (χ0n) is 15.2. The molecule has 4 N–H and O–H groups in total. The maximum Gasteiger partial charge on any atom is 0.231 e. The van der Waals surface area contributed by atoms with E-state index in [1.807, 2.05) is 0 Å². The lowest BCUT2D eigenvalue weighted by molar-refractivity contribution is -0.138. The molecule has 2 aliphatic rings. The van der Waals surface area contributed by atoms with Crippen LogP contribution in [0, 0.1) is 5.82 Å². The first kappa shape index (κ1) is 19.3. The predicted octanol–water partition coefficient (Wildman–Crippen LogP) is 1.10. The number of benzene rings is 1. The van der Waals surface area contributed by atoms with Gasteiger partial charge in [-0.3, -0.25) is 14.4 Å². The van der Waals surface area contributed by atoms with Crippen LogP contribution < -0.4 is 16.4 Å². The Morgan fingerprint density at radius 2 is 2.15 bits per heavy atom. The number of amides is 3. The molecule has 3 amide bonds. The number of piperidine rings is 1. The molecule has 0 saturated carbocycles. The van der Waals surface area contributed by atoms with E-state index in [1.54, 1.807) is 11.0 Å². The molecule has 0 radical (unpaired) electrons. The van der Waals surface area contributed by atoms with E-state index in [9.17, 15) is 18.8 Å². The molecule has 0 bridgehead atoms. The lowest BCUT2D eigenvalue weighted by atomic mass is 9.88. The number of nitrogens with two attached hydrogens (primary N) is 1. The first-order valence-corrected chi connectivity index (χ1v) is 9.36. The van der Waals surface area contributed by atoms with Crippen LogP contribution in [0.15, 0.2) is 18.2 Å². The first-order valence-electron chi connectivity index (χ1n) is 9.36. The number of nitrogens with one attached hydrogen (secondary N) is 2. The molecule has 1 aromatic carbocycles. The van der Waals surface area contributed by atoms with Crippen LogP contribution in [0.5, 0.6) is 0 Å². The van der Waals surface area contributed by atoms with Gasteiger partial charge >= 0.3 is 0 Å². The minimum absolute atomic E-state index is 0.0419. The molecule has 2 atom stereocenters. The minimum Gasteiger partial charge on any atom is -0.354 e. The van der Waals surface area contributed by atoms with E-state index in [1.165, 1.54) is 12.1 Å². The van der Waals surface area contributed by atoms with Crippen molar-refractivity contribution in [1.29, 1.82) is 0 Å². The highest BCUT2D eigenvalue weighted by molar-refractivity contribution is 6.01. The van der Waals surface area contributed by atoms with Crippen LogP contribution in [0.25, 0.3) is 0 Å². The van der Waals surface area contributed by atoms with Gasteiger partial charge in [-0.25, -0.2) is 4.39 Å². The SMILES string of the molecule is NCCC(=O)NCC1CCCCN1C(=O)C1CC(=O)Nc2cc(F)ccc21. The molecule has 146 valence electrons. The van der Waals surface area contributed by atoms with Gasteiger partial charge in [0.15, 0.2) is 0 Å². The summed E-state index contributed by atoms with van der Waals surface area (Å²) in [4.78, 5) is 38.8. The number of hydrogen-bond acceptors (Lipinski definition) is 4. The van der Waals surface area contributed by atoms with Crippen molar-refractivity contribution in [3.8, 4) is 0 Å². The summed E-state index contributed by atoms with van der Waals surface area (Å²) in [6, 6.07) is 4.00. The Morgan fingerprint density at radius 1 is 1.33 bits per heavy atom. The fourth-order valence-electron chi connectivity index (χ4n) is 3.81. The Balaban J connectivity index is 1.77. The zero-order chi connectivity index (χ0) is 19.4. The number of halogens is 1. The average Bonchev–Trinajstić information content (AvgIpc) is 2.65. The summed E-state index contributed by atoms with van der Waals surface area (Å²) in [5, 5.41) is 5.47. The largest absolute Gasteiger partial charge is 0.354 e. The van der Waals surface area contributed by atoms with Gasteiger partial charge in [0.25, 0.3) is 0 Å². The van der Waals surface area contributed by atoms with Gasteiger partial charge in [0, 0.05) is 44.2 Å². The van der Waals surface area contributed by atoms with Crippen LogP contribution in [0.4, 0.5) is 10.1 Å². The normalized spacial score (nSPS) is 22.0. The molecule has 8 heteroatoms. The lowest BCUT2D eigenvalue weighted by Crippen LogP contribution is -2.51. The maximum absolute atomic E-state index is 13.5. The monoisotopic (exact) mass is 376 g/mol. The number of carbonyl (C=O) groups excluding carboxylic acids is 3. The summed E-state index contributed by atoms with van der Waals surface area (Å²) in [5.74, 6) is -1.66. The Labute approximate surface area is 157 Å². The summed E-state index contributed by atoms with van der Waals surface area (Å²) in [6.07, 6.45) is 2.95. The minimum atomic E-state index is -0.630. The molecule has 1 fully saturated rings. The van der Waals surface area contributed by atoms with E-state index in [2.05, 4.69) is 10.6 Å². The van der Waals surface area contributed by atoms with Gasteiger partial charge in [0.1, 0.15) is 5.82 Å². The van der Waals surface area contributed by atoms with E-state index in [0.717, 1.165) is 19.3 Å². The van der Waals surface area contributed by atoms with Crippen LogP contribution in [0.2, 0.25) is 0 Å². The summed E-state index contributed by atoms with van der Waals surface area (Å²) in [7, 11) is 0. The molecule has 2 heterocycles. The molecule has 1 saturated heterocycles. The zero-order valence-corrected chi connectivity index (χ0v) is 15.2. The van der Waals surface area contributed by atoms with Crippen LogP contribution in [-0.4, -0.2) is 48.3 Å².